The number of aliphatic imine (C=N–C) groups is 2. The van der Waals surface area contributed by atoms with Crippen molar-refractivity contribution >= 4 is 29.6 Å². The Morgan fingerprint density at radius 1 is 1.10 bits per heavy atom. The van der Waals surface area contributed by atoms with Crippen LogP contribution in [0.4, 0.5) is 4.79 Å². The lowest BCUT2D eigenvalue weighted by molar-refractivity contribution is -0.127. The molecule has 1 saturated carbocycles. The van der Waals surface area contributed by atoms with E-state index < -0.39 is 17.0 Å². The number of nitrogens with two attached hydrogens (primary N) is 1. The number of nitrogens with one attached hydrogen (secondary N) is 2. The van der Waals surface area contributed by atoms with Gasteiger partial charge >= 0.3 is 6.09 Å². The predicted molar refractivity (Wildman–Crippen MR) is 157 cm³/mol. The van der Waals surface area contributed by atoms with Crippen molar-refractivity contribution in [3.05, 3.63) is 34.7 Å². The van der Waals surface area contributed by atoms with Crippen LogP contribution in [0, 0.1) is 5.41 Å². The molecule has 3 amide bonds. The third kappa shape index (κ3) is 10.3. The van der Waals surface area contributed by atoms with Crippen LogP contribution in [0.3, 0.4) is 0 Å². The van der Waals surface area contributed by atoms with Crippen LogP contribution in [0.15, 0.2) is 44.7 Å². The Labute approximate surface area is 233 Å². The van der Waals surface area contributed by atoms with Crippen molar-refractivity contribution in [1.82, 2.24) is 15.5 Å². The Balaban J connectivity index is 3.39. The molecule has 5 N–H and O–H groups in total. The summed E-state index contributed by atoms with van der Waals surface area (Å²) >= 11 is 0. The van der Waals surface area contributed by atoms with Gasteiger partial charge in [-0.05, 0) is 72.0 Å². The molecular formula is C29H48N6O4. The minimum absolute atomic E-state index is 0.00435. The highest BCUT2D eigenvalue weighted by Gasteiger charge is 2.48. The van der Waals surface area contributed by atoms with Gasteiger partial charge in [-0.1, -0.05) is 46.3 Å². The first-order valence-electron chi connectivity index (χ1n) is 13.6. The van der Waals surface area contributed by atoms with Gasteiger partial charge in [0, 0.05) is 17.2 Å². The molecule has 0 aliphatic heterocycles. The maximum atomic E-state index is 13.1. The highest BCUT2D eigenvalue weighted by Crippen LogP contribution is 2.35. The lowest BCUT2D eigenvalue weighted by Gasteiger charge is -2.31. The van der Waals surface area contributed by atoms with Crippen LogP contribution < -0.4 is 16.4 Å². The largest absolute Gasteiger partial charge is 0.463 e. The minimum atomic E-state index is -1.39. The van der Waals surface area contributed by atoms with Crippen LogP contribution in [0.2, 0.25) is 0 Å². The van der Waals surface area contributed by atoms with E-state index in [1.807, 2.05) is 86.3 Å². The fourth-order valence-electron chi connectivity index (χ4n) is 3.74. The number of carbonyl (C=O) groups excluding carboxylic acids is 2. The minimum Gasteiger partial charge on any atom is -0.463 e. The molecule has 0 aromatic heterocycles. The van der Waals surface area contributed by atoms with Gasteiger partial charge in [-0.15, -0.1) is 0 Å². The topological polar surface area (TPSA) is 149 Å². The van der Waals surface area contributed by atoms with E-state index in [2.05, 4.69) is 15.6 Å². The smallest absolute Gasteiger partial charge is 0.432 e. The van der Waals surface area contributed by atoms with Crippen LogP contribution in [0.25, 0.3) is 0 Å². The zero-order chi connectivity index (χ0) is 30.1. The highest BCUT2D eigenvalue weighted by molar-refractivity contribution is 6.01. The summed E-state index contributed by atoms with van der Waals surface area (Å²) in [5.41, 5.74) is 7.65. The van der Waals surface area contributed by atoms with Gasteiger partial charge in [-0.2, -0.15) is 4.99 Å². The maximum Gasteiger partial charge on any atom is 0.432 e. The molecule has 1 rings (SSSR count). The molecular weight excluding hydrogens is 496 g/mol. The summed E-state index contributed by atoms with van der Waals surface area (Å²) in [7, 11) is 0. The van der Waals surface area contributed by atoms with E-state index in [9.17, 15) is 14.4 Å². The molecule has 1 aliphatic carbocycles. The summed E-state index contributed by atoms with van der Waals surface area (Å²) in [6.45, 7) is 19.4. The Morgan fingerprint density at radius 2 is 1.69 bits per heavy atom. The molecule has 0 spiro atoms. The van der Waals surface area contributed by atoms with Crippen LogP contribution in [-0.2, 0) is 9.59 Å². The average molecular weight is 545 g/mol. The summed E-state index contributed by atoms with van der Waals surface area (Å²) in [5.74, 6) is 0.168. The quantitative estimate of drug-likeness (QED) is 0.165. The number of hydrogen-bond acceptors (Lipinski definition) is 4. The molecule has 0 radical (unpaired) electrons. The van der Waals surface area contributed by atoms with Crippen molar-refractivity contribution in [3.63, 3.8) is 0 Å². The van der Waals surface area contributed by atoms with Gasteiger partial charge in [0.1, 0.15) is 11.7 Å². The fourth-order valence-corrected chi connectivity index (χ4v) is 3.74. The van der Waals surface area contributed by atoms with E-state index in [1.165, 1.54) is 0 Å². The number of carbonyl (C=O) groups is 3. The fraction of sp³-hybridized carbons (Fsp3) is 0.621. The second-order valence-electron chi connectivity index (χ2n) is 11.4. The number of hydrogen-bond donors (Lipinski definition) is 4. The Morgan fingerprint density at radius 3 is 2.13 bits per heavy atom. The predicted octanol–water partition coefficient (Wildman–Crippen LogP) is 4.89. The molecule has 1 fully saturated rings. The molecule has 1 atom stereocenters. The Bertz CT molecular complexity index is 1080. The van der Waals surface area contributed by atoms with Gasteiger partial charge < -0.3 is 26.4 Å². The zero-order valence-electron chi connectivity index (χ0n) is 25.4. The molecule has 0 aromatic carbocycles. The van der Waals surface area contributed by atoms with E-state index >= 15 is 0 Å². The molecule has 218 valence electrons. The van der Waals surface area contributed by atoms with Crippen molar-refractivity contribution in [2.24, 2.45) is 21.1 Å². The molecule has 0 heterocycles. The average Bonchev–Trinajstić information content (AvgIpc) is 3.60. The summed E-state index contributed by atoms with van der Waals surface area (Å²) in [6.07, 6.45) is 5.13. The van der Waals surface area contributed by atoms with Gasteiger partial charge in [0.05, 0.1) is 17.8 Å². The number of allylic oxidation sites excluding steroid dienone is 4. The van der Waals surface area contributed by atoms with E-state index in [0.29, 0.717) is 30.1 Å². The molecule has 10 heteroatoms. The van der Waals surface area contributed by atoms with Crippen LogP contribution in [0.1, 0.15) is 94.9 Å². The first-order valence-corrected chi connectivity index (χ1v) is 13.6. The number of nitrogens with zero attached hydrogens (tertiary/aromatic N) is 3. The lowest BCUT2D eigenvalue weighted by atomic mass is 9.95. The van der Waals surface area contributed by atoms with Gasteiger partial charge in [-0.3, -0.25) is 9.59 Å². The van der Waals surface area contributed by atoms with Crippen molar-refractivity contribution in [2.75, 3.05) is 6.54 Å². The van der Waals surface area contributed by atoms with Crippen molar-refractivity contribution in [3.8, 4) is 0 Å². The Kier molecular flexibility index (Phi) is 12.1. The third-order valence-corrected chi connectivity index (χ3v) is 6.52. The molecule has 0 aromatic rings. The molecule has 0 saturated heterocycles. The van der Waals surface area contributed by atoms with Crippen molar-refractivity contribution in [1.29, 1.82) is 0 Å². The van der Waals surface area contributed by atoms with Gasteiger partial charge in [-0.25, -0.2) is 9.79 Å². The number of carboxylic acid groups (broad SMARTS) is 1. The summed E-state index contributed by atoms with van der Waals surface area (Å²) in [5, 5.41) is 14.9. The first kappa shape index (κ1) is 33.6. The second-order valence-corrected chi connectivity index (χ2v) is 11.4. The van der Waals surface area contributed by atoms with E-state index in [1.54, 1.807) is 0 Å². The van der Waals surface area contributed by atoms with Gasteiger partial charge in [0.15, 0.2) is 0 Å². The normalized spacial score (nSPS) is 17.0. The van der Waals surface area contributed by atoms with Gasteiger partial charge in [0.25, 0.3) is 0 Å². The Hall–Kier alpha value is -3.43. The highest BCUT2D eigenvalue weighted by atomic mass is 16.4. The molecule has 10 nitrogen and oxygen atoms in total. The SMILES string of the molecule is CC/C=C(\N=C(\C)N(CC(=O)NC1(/C(N)=N/C(=O)O)CC1)C(C)CC)C(/C)=C(/C=C(C)C)NC(=O)C(C)(C)C. The second kappa shape index (κ2) is 14.1. The number of amidine groups is 2. The van der Waals surface area contributed by atoms with E-state index in [-0.39, 0.29) is 30.2 Å². The molecule has 39 heavy (non-hydrogen) atoms. The van der Waals surface area contributed by atoms with Crippen LogP contribution >= 0.6 is 0 Å². The number of amides is 3. The molecule has 1 aliphatic rings. The van der Waals surface area contributed by atoms with E-state index in [4.69, 9.17) is 15.8 Å². The summed E-state index contributed by atoms with van der Waals surface area (Å²) < 4.78 is 0. The van der Waals surface area contributed by atoms with Crippen LogP contribution in [-0.4, -0.2) is 57.7 Å². The van der Waals surface area contributed by atoms with E-state index in [0.717, 1.165) is 24.0 Å². The maximum absolute atomic E-state index is 13.1. The van der Waals surface area contributed by atoms with Crippen molar-refractivity contribution < 1.29 is 19.5 Å². The standard InChI is InChI=1S/C29H48N6O4/c1-11-13-22(20(6)23(16-18(3)4)32-26(37)28(8,9)10)31-21(7)35(19(5)12-2)17-24(36)34-29(14-15-29)25(30)33-27(38)39/h13,16,19H,11-12,14-15,17H2,1-10H3,(H2,30,33)(H,32,37)(H,34,36)(H,38,39)/b22-13-,23-20-,31-21-. The lowest BCUT2D eigenvalue weighted by Crippen LogP contribution is -2.52. The monoisotopic (exact) mass is 544 g/mol. The number of rotatable bonds is 11. The third-order valence-electron chi connectivity index (χ3n) is 6.52. The van der Waals surface area contributed by atoms with Crippen molar-refractivity contribution in [2.45, 2.75) is 107 Å². The first-order chi connectivity index (χ1) is 18.0. The molecule has 0 bridgehead atoms. The zero-order valence-corrected chi connectivity index (χ0v) is 25.4. The van der Waals surface area contributed by atoms with Gasteiger partial charge in [0.2, 0.25) is 11.8 Å². The summed E-state index contributed by atoms with van der Waals surface area (Å²) in [4.78, 5) is 47.1. The summed E-state index contributed by atoms with van der Waals surface area (Å²) in [6, 6.07) is 0.00435. The van der Waals surface area contributed by atoms with Crippen LogP contribution in [0.5, 0.6) is 0 Å². The molecule has 1 unspecified atom stereocenters.